The van der Waals surface area contributed by atoms with Crippen molar-refractivity contribution >= 4 is 69.7 Å². The Morgan fingerprint density at radius 3 is 1.53 bits per heavy atom. The van der Waals surface area contributed by atoms with Crippen LogP contribution in [0.3, 0.4) is 0 Å². The molecule has 1 radical (unpaired) electrons. The van der Waals surface area contributed by atoms with Gasteiger partial charge < -0.3 is 60.3 Å². The van der Waals surface area contributed by atoms with Crippen molar-refractivity contribution in [2.75, 3.05) is 10.6 Å². The Hall–Kier alpha value is -0.0405. The smallest absolute Gasteiger partial charge is 0.411 e. The predicted octanol–water partition coefficient (Wildman–Crippen LogP) is 2.17. The van der Waals surface area contributed by atoms with Gasteiger partial charge in [-0.15, -0.1) is 0 Å². The average Bonchev–Trinajstić information content (AvgIpc) is 2.06. The number of anilines is 2. The molecule has 0 heterocycles. The standard InChI is InChI=1S/C8H8N2S4.Mn/c11-7(12)9-5-3-1-2-4-6(5)10-8(13)14;/h1-4H,(H2,9,11,12)(H2,10,13,14);/q;+2/p-2. The first-order valence-electron chi connectivity index (χ1n) is 3.64. The van der Waals surface area contributed by atoms with Gasteiger partial charge in [0.1, 0.15) is 0 Å². The van der Waals surface area contributed by atoms with Crippen LogP contribution in [-0.2, 0) is 42.3 Å². The molecule has 0 bridgehead atoms. The van der Waals surface area contributed by atoms with E-state index in [9.17, 15) is 0 Å². The van der Waals surface area contributed by atoms with E-state index in [1.807, 2.05) is 24.3 Å². The molecule has 2 nitrogen and oxygen atoms in total. The SMILES string of the molecule is S=C([S-])Nc1ccccc1NC(=S)[S-].[Mn+2]. The molecule has 15 heavy (non-hydrogen) atoms. The molecule has 1 rings (SSSR count). The van der Waals surface area contributed by atoms with Crippen LogP contribution >= 0.6 is 24.4 Å². The van der Waals surface area contributed by atoms with Crippen LogP contribution in [0.1, 0.15) is 0 Å². The van der Waals surface area contributed by atoms with E-state index in [1.54, 1.807) is 0 Å². The third-order valence-electron chi connectivity index (χ3n) is 1.40. The summed E-state index contributed by atoms with van der Waals surface area (Å²) in [5.41, 5.74) is 1.56. The molecule has 0 fully saturated rings. The average molecular weight is 313 g/mol. The first kappa shape index (κ1) is 15.0. The maximum atomic E-state index is 4.77. The molecule has 7 heteroatoms. The van der Waals surface area contributed by atoms with Crippen molar-refractivity contribution in [3.05, 3.63) is 24.3 Å². The minimum Gasteiger partial charge on any atom is -0.411 e. The van der Waals surface area contributed by atoms with Crippen molar-refractivity contribution in [1.29, 1.82) is 0 Å². The third-order valence-corrected chi connectivity index (χ3v) is 1.81. The molecule has 0 saturated carbocycles. The fraction of sp³-hybridized carbons (Fsp3) is 0. The number of thiocarbonyl (C=S) groups is 2. The van der Waals surface area contributed by atoms with Crippen molar-refractivity contribution in [1.82, 2.24) is 0 Å². The van der Waals surface area contributed by atoms with Gasteiger partial charge in [-0.3, -0.25) is 0 Å². The second kappa shape index (κ2) is 7.27. The summed E-state index contributed by atoms with van der Waals surface area (Å²) in [6, 6.07) is 7.42. The first-order chi connectivity index (χ1) is 6.59. The number of hydrogen-bond acceptors (Lipinski definition) is 4. The second-order valence-electron chi connectivity index (χ2n) is 2.37. The Labute approximate surface area is 121 Å². The molecule has 1 aromatic rings. The van der Waals surface area contributed by atoms with Crippen LogP contribution in [0.15, 0.2) is 24.3 Å². The molecule has 0 aliphatic carbocycles. The molecule has 79 valence electrons. The number of rotatable bonds is 2. The third kappa shape index (κ3) is 5.55. The van der Waals surface area contributed by atoms with Gasteiger partial charge in [-0.2, -0.15) is 0 Å². The summed E-state index contributed by atoms with van der Waals surface area (Å²) in [7, 11) is 0. The number of benzene rings is 1. The molecule has 0 aliphatic heterocycles. The summed E-state index contributed by atoms with van der Waals surface area (Å²) in [6.07, 6.45) is 0. The molecule has 1 aromatic carbocycles. The zero-order valence-electron chi connectivity index (χ0n) is 7.32. The Morgan fingerprint density at radius 2 is 1.27 bits per heavy atom. The van der Waals surface area contributed by atoms with Gasteiger partial charge in [0.15, 0.2) is 0 Å². The summed E-state index contributed by atoms with van der Waals surface area (Å²) in [6.45, 7) is 0. The van der Waals surface area contributed by atoms with Gasteiger partial charge in [0.25, 0.3) is 0 Å². The van der Waals surface area contributed by atoms with Crippen LogP contribution in [-0.4, -0.2) is 8.64 Å². The topological polar surface area (TPSA) is 24.1 Å². The number of nitrogens with one attached hydrogen (secondary N) is 2. The van der Waals surface area contributed by atoms with Gasteiger partial charge in [0.2, 0.25) is 0 Å². The van der Waals surface area contributed by atoms with E-state index in [4.69, 9.17) is 49.7 Å². The van der Waals surface area contributed by atoms with Gasteiger partial charge >= 0.3 is 17.1 Å². The van der Waals surface area contributed by atoms with E-state index in [0.717, 1.165) is 11.4 Å². The minimum absolute atomic E-state index is 0. The molecule has 2 N–H and O–H groups in total. The number of hydrogen-bond donors (Lipinski definition) is 2. The van der Waals surface area contributed by atoms with Crippen LogP contribution in [0.25, 0.3) is 0 Å². The molecule has 0 saturated heterocycles. The van der Waals surface area contributed by atoms with E-state index in [-0.39, 0.29) is 25.7 Å². The zero-order valence-corrected chi connectivity index (χ0v) is 11.8. The fourth-order valence-corrected chi connectivity index (χ4v) is 1.36. The van der Waals surface area contributed by atoms with Crippen molar-refractivity contribution in [3.8, 4) is 0 Å². The van der Waals surface area contributed by atoms with Crippen LogP contribution in [0.5, 0.6) is 0 Å². The monoisotopic (exact) mass is 313 g/mol. The Kier molecular flexibility index (Phi) is 7.25. The summed E-state index contributed by atoms with van der Waals surface area (Å²) in [5, 5.41) is 5.71. The van der Waals surface area contributed by atoms with Gasteiger partial charge in [-0.25, -0.2) is 0 Å². The fourth-order valence-electron chi connectivity index (χ4n) is 0.921. The minimum atomic E-state index is 0. The summed E-state index contributed by atoms with van der Waals surface area (Å²) < 4.78 is 0.573. The second-order valence-corrected chi connectivity index (χ2v) is 4.52. The molecular formula is C8H6MnN2S4. The summed E-state index contributed by atoms with van der Waals surface area (Å²) in [5.74, 6) is 0. The molecule has 0 spiro atoms. The molecular weight excluding hydrogens is 307 g/mol. The zero-order chi connectivity index (χ0) is 10.6. The summed E-state index contributed by atoms with van der Waals surface area (Å²) in [4.78, 5) is 0. The molecule has 0 aromatic heterocycles. The van der Waals surface area contributed by atoms with Crippen LogP contribution < -0.4 is 10.6 Å². The largest absolute Gasteiger partial charge is 2.00 e. The van der Waals surface area contributed by atoms with Gasteiger partial charge in [0.05, 0.1) is 11.4 Å². The maximum absolute atomic E-state index is 4.77. The van der Waals surface area contributed by atoms with E-state index in [0.29, 0.717) is 0 Å². The van der Waals surface area contributed by atoms with Crippen molar-refractivity contribution in [3.63, 3.8) is 0 Å². The maximum Gasteiger partial charge on any atom is 2.00 e. The van der Waals surface area contributed by atoms with Crippen molar-refractivity contribution in [2.24, 2.45) is 0 Å². The van der Waals surface area contributed by atoms with E-state index >= 15 is 0 Å². The predicted molar refractivity (Wildman–Crippen MR) is 73.6 cm³/mol. The molecule has 0 atom stereocenters. The van der Waals surface area contributed by atoms with Crippen LogP contribution in [0.2, 0.25) is 0 Å². The Bertz CT molecular complexity index is 334. The molecule has 0 unspecified atom stereocenters. The van der Waals surface area contributed by atoms with E-state index in [2.05, 4.69) is 10.6 Å². The molecule has 0 amide bonds. The molecule has 0 aliphatic rings. The first-order valence-corrected chi connectivity index (χ1v) is 5.28. The summed E-state index contributed by atoms with van der Waals surface area (Å²) >= 11 is 19.1. The Balaban J connectivity index is 0.00000196. The van der Waals surface area contributed by atoms with Gasteiger partial charge in [-0.05, 0) is 12.1 Å². The van der Waals surface area contributed by atoms with Crippen molar-refractivity contribution in [2.45, 2.75) is 0 Å². The van der Waals surface area contributed by atoms with E-state index < -0.39 is 0 Å². The van der Waals surface area contributed by atoms with Crippen LogP contribution in [0, 0.1) is 0 Å². The van der Waals surface area contributed by atoms with Gasteiger partial charge in [0, 0.05) is 0 Å². The Morgan fingerprint density at radius 1 is 0.933 bits per heavy atom. The van der Waals surface area contributed by atoms with Crippen LogP contribution in [0.4, 0.5) is 11.4 Å². The van der Waals surface area contributed by atoms with Crippen molar-refractivity contribution < 1.29 is 17.1 Å². The quantitative estimate of drug-likeness (QED) is 0.493. The van der Waals surface area contributed by atoms with E-state index in [1.165, 1.54) is 0 Å². The normalized spacial score (nSPS) is 8.53. The number of para-hydroxylation sites is 2. The van der Waals surface area contributed by atoms with Gasteiger partial charge in [-0.1, -0.05) is 20.8 Å².